The van der Waals surface area contributed by atoms with Crippen LogP contribution in [0.4, 0.5) is 11.4 Å². The minimum absolute atomic E-state index is 0.184. The van der Waals surface area contributed by atoms with Crippen molar-refractivity contribution in [3.05, 3.63) is 58.2 Å². The lowest BCUT2D eigenvalue weighted by Crippen LogP contribution is -2.34. The standard InChI is InChI=1S/C20H16N4O4S/c1-10-18(25)22-13-7-11(4-5-15(13)28-10)21-8-16-23-19(26)17-12(9-29-20(17)24-16)14-3-2-6-27-14/h2-7,9-10,21H,8H2,1H3,(H,22,25)(H,23,24,26)/t10-/m1/s1. The smallest absolute Gasteiger partial charge is 0.265 e. The number of nitrogens with zero attached hydrogens (tertiary/aromatic N) is 1. The molecule has 1 aromatic carbocycles. The molecule has 146 valence electrons. The van der Waals surface area contributed by atoms with Crippen LogP contribution >= 0.6 is 11.3 Å². The molecule has 3 N–H and O–H groups in total. The van der Waals surface area contributed by atoms with Crippen LogP contribution in [0.5, 0.6) is 5.75 Å². The SMILES string of the molecule is C[C@H]1Oc2ccc(NCc3nc4scc(-c5ccco5)c4c(=O)[nH]3)cc2NC1=O. The number of aromatic amines is 1. The molecule has 4 aromatic rings. The maximum atomic E-state index is 12.6. The van der Waals surface area contributed by atoms with Crippen LogP contribution in [0.1, 0.15) is 12.7 Å². The molecule has 1 amide bonds. The number of rotatable bonds is 4. The summed E-state index contributed by atoms with van der Waals surface area (Å²) in [6.45, 7) is 2.02. The average Bonchev–Trinajstić information content (AvgIpc) is 3.37. The molecule has 0 saturated heterocycles. The van der Waals surface area contributed by atoms with Crippen LogP contribution in [0, 0.1) is 0 Å². The van der Waals surface area contributed by atoms with E-state index in [0.717, 1.165) is 11.3 Å². The number of nitrogens with one attached hydrogen (secondary N) is 3. The number of hydrogen-bond acceptors (Lipinski definition) is 7. The molecule has 0 radical (unpaired) electrons. The Hall–Kier alpha value is -3.59. The van der Waals surface area contributed by atoms with E-state index in [1.165, 1.54) is 11.3 Å². The van der Waals surface area contributed by atoms with Crippen LogP contribution in [0.25, 0.3) is 21.5 Å². The van der Waals surface area contributed by atoms with Crippen molar-refractivity contribution < 1.29 is 13.9 Å². The Labute approximate surface area is 168 Å². The quantitative estimate of drug-likeness (QED) is 0.476. The number of furan rings is 1. The monoisotopic (exact) mass is 408 g/mol. The lowest BCUT2D eigenvalue weighted by molar-refractivity contribution is -0.122. The van der Waals surface area contributed by atoms with Gasteiger partial charge < -0.3 is 24.8 Å². The second-order valence-electron chi connectivity index (χ2n) is 6.63. The Balaban J connectivity index is 1.38. The minimum atomic E-state index is -0.515. The zero-order valence-electron chi connectivity index (χ0n) is 15.3. The summed E-state index contributed by atoms with van der Waals surface area (Å²) in [6.07, 6.45) is 1.06. The third kappa shape index (κ3) is 3.15. The highest BCUT2D eigenvalue weighted by Gasteiger charge is 2.23. The summed E-state index contributed by atoms with van der Waals surface area (Å²) in [5.41, 5.74) is 1.91. The van der Waals surface area contributed by atoms with E-state index in [1.54, 1.807) is 31.4 Å². The summed E-state index contributed by atoms with van der Waals surface area (Å²) in [5.74, 6) is 1.60. The first-order valence-electron chi connectivity index (χ1n) is 8.98. The fraction of sp³-hybridized carbons (Fsp3) is 0.150. The van der Waals surface area contributed by atoms with Crippen LogP contribution < -0.4 is 20.9 Å². The van der Waals surface area contributed by atoms with Gasteiger partial charge >= 0.3 is 0 Å². The van der Waals surface area contributed by atoms with Crippen molar-refractivity contribution in [3.8, 4) is 17.1 Å². The van der Waals surface area contributed by atoms with E-state index in [2.05, 4.69) is 20.6 Å². The van der Waals surface area contributed by atoms with Gasteiger partial charge in [-0.1, -0.05) is 0 Å². The number of H-pyrrole nitrogens is 1. The zero-order valence-corrected chi connectivity index (χ0v) is 16.1. The molecule has 9 heteroatoms. The molecule has 0 unspecified atom stereocenters. The molecule has 1 atom stereocenters. The summed E-state index contributed by atoms with van der Waals surface area (Å²) in [5, 5.41) is 8.42. The van der Waals surface area contributed by atoms with E-state index in [9.17, 15) is 9.59 Å². The van der Waals surface area contributed by atoms with Gasteiger partial charge in [0.2, 0.25) is 0 Å². The van der Waals surface area contributed by atoms with E-state index in [1.807, 2.05) is 17.5 Å². The van der Waals surface area contributed by atoms with Crippen LogP contribution in [-0.2, 0) is 11.3 Å². The van der Waals surface area contributed by atoms with E-state index in [-0.39, 0.29) is 11.5 Å². The Morgan fingerprint density at radius 3 is 3.00 bits per heavy atom. The molecule has 1 aliphatic heterocycles. The van der Waals surface area contributed by atoms with E-state index in [0.29, 0.717) is 39.8 Å². The van der Waals surface area contributed by atoms with Gasteiger partial charge in [-0.25, -0.2) is 4.98 Å². The topological polar surface area (TPSA) is 109 Å². The number of anilines is 2. The van der Waals surface area contributed by atoms with Crippen LogP contribution in [0.2, 0.25) is 0 Å². The average molecular weight is 408 g/mol. The van der Waals surface area contributed by atoms with Gasteiger partial charge in [-0.2, -0.15) is 0 Å². The van der Waals surface area contributed by atoms with E-state index in [4.69, 9.17) is 9.15 Å². The van der Waals surface area contributed by atoms with Crippen molar-refractivity contribution in [2.24, 2.45) is 0 Å². The molecular weight excluding hydrogens is 392 g/mol. The summed E-state index contributed by atoms with van der Waals surface area (Å²) >= 11 is 1.40. The van der Waals surface area contributed by atoms with Gasteiger partial charge in [-0.3, -0.25) is 9.59 Å². The first-order valence-corrected chi connectivity index (χ1v) is 9.86. The molecule has 5 rings (SSSR count). The van der Waals surface area contributed by atoms with Crippen molar-refractivity contribution in [2.45, 2.75) is 19.6 Å². The third-order valence-corrected chi connectivity index (χ3v) is 5.52. The van der Waals surface area contributed by atoms with Crippen molar-refractivity contribution in [2.75, 3.05) is 10.6 Å². The maximum absolute atomic E-state index is 12.6. The molecule has 1 aliphatic rings. The highest BCUT2D eigenvalue weighted by molar-refractivity contribution is 7.17. The number of fused-ring (bicyclic) bond motifs is 2. The number of hydrogen-bond donors (Lipinski definition) is 3. The van der Waals surface area contributed by atoms with Gasteiger partial charge in [-0.05, 0) is 37.3 Å². The maximum Gasteiger partial charge on any atom is 0.265 e. The minimum Gasteiger partial charge on any atom is -0.479 e. The highest BCUT2D eigenvalue weighted by atomic mass is 32.1. The molecule has 29 heavy (non-hydrogen) atoms. The molecule has 3 aromatic heterocycles. The molecule has 0 aliphatic carbocycles. The third-order valence-electron chi connectivity index (χ3n) is 4.65. The molecule has 0 fully saturated rings. The molecule has 8 nitrogen and oxygen atoms in total. The van der Waals surface area contributed by atoms with Gasteiger partial charge in [0.05, 0.1) is 23.9 Å². The second kappa shape index (κ2) is 6.78. The number of carbonyl (C=O) groups excluding carboxylic acids is 1. The van der Waals surface area contributed by atoms with Crippen molar-refractivity contribution >= 4 is 38.8 Å². The first kappa shape index (κ1) is 17.5. The largest absolute Gasteiger partial charge is 0.479 e. The molecule has 0 spiro atoms. The van der Waals surface area contributed by atoms with Crippen LogP contribution in [-0.4, -0.2) is 22.0 Å². The normalized spacial score (nSPS) is 15.6. The second-order valence-corrected chi connectivity index (χ2v) is 7.49. The Bertz CT molecular complexity index is 1280. The fourth-order valence-corrected chi connectivity index (χ4v) is 4.14. The summed E-state index contributed by atoms with van der Waals surface area (Å²) in [4.78, 5) is 32.4. The number of benzene rings is 1. The lowest BCUT2D eigenvalue weighted by atomic mass is 10.2. The number of amides is 1. The zero-order chi connectivity index (χ0) is 20.0. The predicted molar refractivity (Wildman–Crippen MR) is 110 cm³/mol. The predicted octanol–water partition coefficient (Wildman–Crippen LogP) is 3.58. The van der Waals surface area contributed by atoms with Gasteiger partial charge in [-0.15, -0.1) is 11.3 Å². The van der Waals surface area contributed by atoms with Gasteiger partial charge in [0.15, 0.2) is 6.10 Å². The van der Waals surface area contributed by atoms with Gasteiger partial charge in [0.1, 0.15) is 22.2 Å². The van der Waals surface area contributed by atoms with Crippen LogP contribution in [0.15, 0.2) is 51.2 Å². The number of thiophene rings is 1. The number of carbonyl (C=O) groups is 1. The Morgan fingerprint density at radius 1 is 1.28 bits per heavy atom. The summed E-state index contributed by atoms with van der Waals surface area (Å²) in [6, 6.07) is 9.03. The first-order chi connectivity index (χ1) is 14.1. The van der Waals surface area contributed by atoms with E-state index < -0.39 is 6.10 Å². The molecule has 4 heterocycles. The van der Waals surface area contributed by atoms with Crippen molar-refractivity contribution in [1.29, 1.82) is 0 Å². The van der Waals surface area contributed by atoms with Gasteiger partial charge in [0, 0.05) is 16.6 Å². The summed E-state index contributed by atoms with van der Waals surface area (Å²) in [7, 11) is 0. The molecule has 0 saturated carbocycles. The molecular formula is C20H16N4O4S. The number of aromatic nitrogens is 2. The lowest BCUT2D eigenvalue weighted by Gasteiger charge is -2.23. The number of ether oxygens (including phenoxy) is 1. The molecule has 0 bridgehead atoms. The van der Waals surface area contributed by atoms with Crippen molar-refractivity contribution in [1.82, 2.24) is 9.97 Å². The van der Waals surface area contributed by atoms with Crippen molar-refractivity contribution in [3.63, 3.8) is 0 Å². The van der Waals surface area contributed by atoms with Gasteiger partial charge in [0.25, 0.3) is 11.5 Å². The van der Waals surface area contributed by atoms with E-state index >= 15 is 0 Å². The Morgan fingerprint density at radius 2 is 2.17 bits per heavy atom. The Kier molecular flexibility index (Phi) is 4.09. The highest BCUT2D eigenvalue weighted by Crippen LogP contribution is 2.33. The fourth-order valence-electron chi connectivity index (χ4n) is 3.19. The van der Waals surface area contributed by atoms with Crippen LogP contribution in [0.3, 0.4) is 0 Å². The summed E-state index contributed by atoms with van der Waals surface area (Å²) < 4.78 is 11.0.